The smallest absolute Gasteiger partial charge is 0.345 e. The van der Waals surface area contributed by atoms with Gasteiger partial charge in [0, 0.05) is 59.5 Å². The summed E-state index contributed by atoms with van der Waals surface area (Å²) in [5.74, 6) is -8.68. The number of amides is 2. The monoisotopic (exact) mass is 886 g/mol. The van der Waals surface area contributed by atoms with E-state index in [9.17, 15) is 57.9 Å². The fourth-order valence-electron chi connectivity index (χ4n) is 6.81. The lowest BCUT2D eigenvalue weighted by Crippen LogP contribution is -2.46. The second-order valence-electron chi connectivity index (χ2n) is 13.8. The van der Waals surface area contributed by atoms with E-state index < -0.39 is 91.9 Å². The van der Waals surface area contributed by atoms with E-state index in [1.54, 1.807) is 47.3 Å². The highest BCUT2D eigenvalue weighted by Crippen LogP contribution is 2.37. The van der Waals surface area contributed by atoms with Crippen LogP contribution in [0.1, 0.15) is 20.3 Å². The predicted molar refractivity (Wildman–Crippen MR) is 200 cm³/mol. The Morgan fingerprint density at radius 1 is 0.742 bits per heavy atom. The van der Waals surface area contributed by atoms with E-state index in [0.717, 1.165) is 17.3 Å². The lowest BCUT2D eigenvalue weighted by Gasteiger charge is -2.25. The minimum Gasteiger partial charge on any atom is -0.345 e. The van der Waals surface area contributed by atoms with Gasteiger partial charge < -0.3 is 30.4 Å². The van der Waals surface area contributed by atoms with Crippen molar-refractivity contribution in [2.24, 2.45) is 0 Å². The molecule has 6 aromatic heterocycles. The molecule has 4 N–H and O–H groups in total. The molecule has 2 amide bonds. The van der Waals surface area contributed by atoms with Gasteiger partial charge in [-0.1, -0.05) is 7.43 Å². The molecule has 0 aliphatic carbocycles. The van der Waals surface area contributed by atoms with Crippen LogP contribution in [0.2, 0.25) is 0 Å². The molecule has 0 spiro atoms. The molecule has 0 aromatic carbocycles. The van der Waals surface area contributed by atoms with Gasteiger partial charge in [-0.25, -0.2) is 51.9 Å². The summed E-state index contributed by atoms with van der Waals surface area (Å²) in [5, 5.41) is 4.54. The zero-order valence-corrected chi connectivity index (χ0v) is 30.8. The molecule has 330 valence electrons. The standard InChI is InChI=1S/C18H14F6N6O.C18H15F5N6O.CH4/c19-11-6-27-14(10-5-26-13-9(10)2-1-3-25-13)29-15(11)30-8-17(20,21)4-12(30)16(31)28-7-18(22,23)24;19-9-4-13(17(30)27-8-18(21,22)23)29(7-9)16-12(20)6-26-15(28-16)11-5-25-14-10(11)2-1-3-24-14;/h1-3,5-6,12H,4,7-8H2,(H,25,26)(H,28,31);1-3,5-6,9,13H,4,7-8H2,(H,24,25)(H,27,30);1H4/t12-;9-,13+;/m10./s1. The first kappa shape index (κ1) is 44.9. The molecule has 3 atom stereocenters. The number of carbonyl (C=O) groups excluding carboxylic acids is 2. The molecule has 2 saturated heterocycles. The van der Waals surface area contributed by atoms with E-state index >= 15 is 0 Å². The number of pyridine rings is 2. The van der Waals surface area contributed by atoms with Gasteiger partial charge in [-0.05, 0) is 24.3 Å². The van der Waals surface area contributed by atoms with Crippen LogP contribution >= 0.6 is 0 Å². The minimum atomic E-state index is -4.72. The predicted octanol–water partition coefficient (Wildman–Crippen LogP) is 6.44. The number of aromatic amines is 2. The number of aromatic nitrogens is 8. The number of rotatable bonds is 8. The maximum absolute atomic E-state index is 14.5. The number of nitrogens with zero attached hydrogens (tertiary/aromatic N) is 8. The summed E-state index contributed by atoms with van der Waals surface area (Å²) in [7, 11) is 0. The van der Waals surface area contributed by atoms with Crippen molar-refractivity contribution in [1.82, 2.24) is 50.5 Å². The molecule has 0 radical (unpaired) electrons. The number of halogens is 11. The molecule has 2 aliphatic heterocycles. The number of nitrogens with one attached hydrogen (secondary N) is 4. The molecular formula is C37H33F11N12O2. The van der Waals surface area contributed by atoms with Gasteiger partial charge >= 0.3 is 12.4 Å². The molecule has 2 fully saturated rings. The summed E-state index contributed by atoms with van der Waals surface area (Å²) in [6.45, 7) is -4.72. The quantitative estimate of drug-likeness (QED) is 0.125. The fraction of sp³-hybridized carbons (Fsp3) is 0.351. The summed E-state index contributed by atoms with van der Waals surface area (Å²) in [6.07, 6.45) is -4.50. The number of hydrogen-bond acceptors (Lipinski definition) is 10. The van der Waals surface area contributed by atoms with Crippen LogP contribution in [0.3, 0.4) is 0 Å². The van der Waals surface area contributed by atoms with Gasteiger partial charge in [0.15, 0.2) is 34.9 Å². The Kier molecular flexibility index (Phi) is 12.6. The van der Waals surface area contributed by atoms with E-state index in [1.807, 2.05) is 0 Å². The van der Waals surface area contributed by atoms with E-state index in [2.05, 4.69) is 39.9 Å². The van der Waals surface area contributed by atoms with Gasteiger partial charge in [0.2, 0.25) is 11.8 Å². The average Bonchev–Trinajstić information content (AvgIpc) is 4.00. The van der Waals surface area contributed by atoms with Crippen molar-refractivity contribution in [3.8, 4) is 22.8 Å². The molecule has 62 heavy (non-hydrogen) atoms. The molecule has 14 nitrogen and oxygen atoms in total. The van der Waals surface area contributed by atoms with Gasteiger partial charge in [0.25, 0.3) is 5.92 Å². The third-order valence-electron chi connectivity index (χ3n) is 9.43. The summed E-state index contributed by atoms with van der Waals surface area (Å²) >= 11 is 0. The van der Waals surface area contributed by atoms with Crippen molar-refractivity contribution in [3.05, 3.63) is 73.1 Å². The summed E-state index contributed by atoms with van der Waals surface area (Å²) in [4.78, 5) is 56.2. The van der Waals surface area contributed by atoms with Crippen LogP contribution in [0.25, 0.3) is 44.8 Å². The highest BCUT2D eigenvalue weighted by Gasteiger charge is 2.50. The van der Waals surface area contributed by atoms with Crippen LogP contribution in [-0.4, -0.2) is 114 Å². The zero-order chi connectivity index (χ0) is 43.9. The van der Waals surface area contributed by atoms with Gasteiger partial charge in [-0.2, -0.15) is 26.3 Å². The first-order valence-electron chi connectivity index (χ1n) is 17.9. The number of alkyl halides is 9. The summed E-state index contributed by atoms with van der Waals surface area (Å²) in [6, 6.07) is 3.72. The normalized spacial score (nSPS) is 18.7. The molecule has 0 bridgehead atoms. The van der Waals surface area contributed by atoms with Gasteiger partial charge in [-0.15, -0.1) is 0 Å². The van der Waals surface area contributed by atoms with E-state index in [1.165, 1.54) is 12.4 Å². The second-order valence-corrected chi connectivity index (χ2v) is 13.8. The molecule has 6 aromatic rings. The lowest BCUT2D eigenvalue weighted by molar-refractivity contribution is -0.139. The Morgan fingerprint density at radius 3 is 1.69 bits per heavy atom. The lowest BCUT2D eigenvalue weighted by atomic mass is 10.1. The highest BCUT2D eigenvalue weighted by atomic mass is 19.4. The van der Waals surface area contributed by atoms with Crippen molar-refractivity contribution in [3.63, 3.8) is 0 Å². The first-order valence-corrected chi connectivity index (χ1v) is 17.9. The number of anilines is 2. The Morgan fingerprint density at radius 2 is 1.21 bits per heavy atom. The molecular weight excluding hydrogens is 853 g/mol. The zero-order valence-electron chi connectivity index (χ0n) is 30.8. The topological polar surface area (TPSA) is 174 Å². The number of fused-ring (bicyclic) bond motifs is 2. The Balaban J connectivity index is 0.000000204. The van der Waals surface area contributed by atoms with Crippen LogP contribution in [0.15, 0.2) is 61.4 Å². The van der Waals surface area contributed by atoms with Gasteiger partial charge in [-0.3, -0.25) is 9.59 Å². The summed E-state index contributed by atoms with van der Waals surface area (Å²) in [5.41, 5.74) is 1.96. The van der Waals surface area contributed by atoms with Crippen LogP contribution in [0.5, 0.6) is 0 Å². The number of H-pyrrole nitrogens is 2. The van der Waals surface area contributed by atoms with Crippen LogP contribution in [0, 0.1) is 11.6 Å². The molecule has 0 saturated carbocycles. The third kappa shape index (κ3) is 9.91. The van der Waals surface area contributed by atoms with Crippen molar-refractivity contribution < 1.29 is 57.9 Å². The maximum atomic E-state index is 14.5. The minimum absolute atomic E-state index is 0. The Hall–Kier alpha value is -6.69. The molecule has 8 heterocycles. The second kappa shape index (κ2) is 17.4. The molecule has 25 heteroatoms. The third-order valence-corrected chi connectivity index (χ3v) is 9.43. The largest absolute Gasteiger partial charge is 0.405 e. The molecule has 2 aliphatic rings. The van der Waals surface area contributed by atoms with Crippen molar-refractivity contribution in [2.75, 3.05) is 36.0 Å². The van der Waals surface area contributed by atoms with E-state index in [0.29, 0.717) is 38.1 Å². The highest BCUT2D eigenvalue weighted by molar-refractivity contribution is 5.93. The SMILES string of the molecule is C.O=C(NCC(F)(F)F)[C@H]1CC(F)(F)CN1c1nc(-c2c[nH]c3ncccc23)ncc1F.O=C(NCC(F)(F)F)[C@H]1C[C@H](F)CN1c1nc(-c2c[nH]c3ncccc23)ncc1F. The van der Waals surface area contributed by atoms with Crippen LogP contribution in [-0.2, 0) is 9.59 Å². The van der Waals surface area contributed by atoms with Gasteiger partial charge in [0.05, 0.1) is 25.5 Å². The Labute approximate surface area is 342 Å². The van der Waals surface area contributed by atoms with Crippen molar-refractivity contribution in [1.29, 1.82) is 0 Å². The van der Waals surface area contributed by atoms with E-state index in [-0.39, 0.29) is 37.9 Å². The number of carbonyl (C=O) groups is 2. The fourth-order valence-corrected chi connectivity index (χ4v) is 6.81. The number of hydrogen-bond donors (Lipinski definition) is 4. The molecule has 8 rings (SSSR count). The Bertz CT molecular complexity index is 2560. The first-order chi connectivity index (χ1) is 28.8. The van der Waals surface area contributed by atoms with Gasteiger partial charge in [0.1, 0.15) is 42.6 Å². The van der Waals surface area contributed by atoms with Crippen molar-refractivity contribution in [2.45, 2.75) is 56.8 Å². The summed E-state index contributed by atoms with van der Waals surface area (Å²) < 4.78 is 146. The maximum Gasteiger partial charge on any atom is 0.405 e. The van der Waals surface area contributed by atoms with E-state index in [4.69, 9.17) is 0 Å². The molecule has 0 unspecified atom stereocenters. The van der Waals surface area contributed by atoms with Crippen molar-refractivity contribution >= 4 is 45.5 Å². The van der Waals surface area contributed by atoms with Crippen LogP contribution < -0.4 is 20.4 Å². The van der Waals surface area contributed by atoms with Crippen LogP contribution in [0.4, 0.5) is 59.9 Å². The average molecular weight is 887 g/mol.